The van der Waals surface area contributed by atoms with Gasteiger partial charge in [-0.2, -0.15) is 4.57 Å². The monoisotopic (exact) mass is 454 g/mol. The summed E-state index contributed by atoms with van der Waals surface area (Å²) in [4.78, 5) is 16.4. The zero-order valence-electron chi connectivity index (χ0n) is 18.4. The first-order valence-electron chi connectivity index (χ1n) is 10.7. The molecule has 1 aliphatic rings. The van der Waals surface area contributed by atoms with Crippen LogP contribution in [0.5, 0.6) is 5.88 Å². The lowest BCUT2D eigenvalue weighted by atomic mass is 9.94. The van der Waals surface area contributed by atoms with Gasteiger partial charge in [0.25, 0.3) is 5.91 Å². The lowest BCUT2D eigenvalue weighted by molar-refractivity contribution is -0.695. The highest BCUT2D eigenvalue weighted by Crippen LogP contribution is 2.44. The van der Waals surface area contributed by atoms with E-state index in [2.05, 4.69) is 5.32 Å². The van der Waals surface area contributed by atoms with E-state index in [0.717, 1.165) is 32.5 Å². The van der Waals surface area contributed by atoms with Gasteiger partial charge in [-0.15, -0.1) is 0 Å². The van der Waals surface area contributed by atoms with E-state index in [1.807, 2.05) is 114 Å². The average Bonchev–Trinajstić information content (AvgIpc) is 3.20. The molecule has 0 unspecified atom stereocenters. The molecule has 0 saturated carbocycles. The molecule has 0 spiro atoms. The van der Waals surface area contributed by atoms with Crippen LogP contribution in [-0.4, -0.2) is 18.1 Å². The van der Waals surface area contributed by atoms with Crippen molar-refractivity contribution < 1.29 is 14.5 Å². The first-order valence-corrected chi connectivity index (χ1v) is 11.6. The maximum atomic E-state index is 13.6. The van der Waals surface area contributed by atoms with E-state index in [4.69, 9.17) is 0 Å². The van der Waals surface area contributed by atoms with Crippen LogP contribution in [0.4, 0.5) is 10.8 Å². The van der Waals surface area contributed by atoms with E-state index in [0.29, 0.717) is 5.57 Å². The topological polar surface area (TPSA) is 56.5 Å². The summed E-state index contributed by atoms with van der Waals surface area (Å²) in [6.07, 6.45) is 0. The summed E-state index contributed by atoms with van der Waals surface area (Å²) in [6, 6.07) is 28.7. The molecule has 2 N–H and O–H groups in total. The highest BCUT2D eigenvalue weighted by Gasteiger charge is 2.44. The van der Waals surface area contributed by atoms with E-state index < -0.39 is 6.04 Å². The Labute approximate surface area is 196 Å². The number of para-hydroxylation sites is 1. The summed E-state index contributed by atoms with van der Waals surface area (Å²) in [5, 5.41) is 15.4. The number of nitrogens with zero attached hydrogens (tertiary/aromatic N) is 2. The van der Waals surface area contributed by atoms with Crippen molar-refractivity contribution in [1.82, 2.24) is 0 Å². The first kappa shape index (κ1) is 21.0. The minimum Gasteiger partial charge on any atom is -0.477 e. The van der Waals surface area contributed by atoms with Gasteiger partial charge < -0.3 is 10.4 Å². The summed E-state index contributed by atoms with van der Waals surface area (Å²) in [7, 11) is 1.93. The van der Waals surface area contributed by atoms with E-state index >= 15 is 0 Å². The summed E-state index contributed by atoms with van der Waals surface area (Å²) < 4.78 is 1.87. The predicted octanol–water partition coefficient (Wildman–Crippen LogP) is 5.36. The predicted molar refractivity (Wildman–Crippen MR) is 132 cm³/mol. The highest BCUT2D eigenvalue weighted by molar-refractivity contribution is 7.18. The third kappa shape index (κ3) is 3.68. The molecular weight excluding hydrogens is 430 g/mol. The van der Waals surface area contributed by atoms with Crippen LogP contribution in [0.15, 0.2) is 102 Å². The molecule has 1 amide bonds. The maximum absolute atomic E-state index is 13.6. The summed E-state index contributed by atoms with van der Waals surface area (Å²) >= 11 is 1.52. The Morgan fingerprint density at radius 1 is 0.939 bits per heavy atom. The molecular formula is C27H24N3O2S+. The van der Waals surface area contributed by atoms with Gasteiger partial charge in [-0.3, -0.25) is 4.79 Å². The number of rotatable bonds is 4. The molecule has 0 fully saturated rings. The van der Waals surface area contributed by atoms with Gasteiger partial charge >= 0.3 is 11.0 Å². The normalized spacial score (nSPS) is 15.3. The molecule has 0 saturated heterocycles. The van der Waals surface area contributed by atoms with E-state index in [9.17, 15) is 9.90 Å². The van der Waals surface area contributed by atoms with Crippen molar-refractivity contribution in [2.24, 2.45) is 0 Å². The van der Waals surface area contributed by atoms with Crippen LogP contribution in [0.3, 0.4) is 0 Å². The summed E-state index contributed by atoms with van der Waals surface area (Å²) in [5.74, 6) is -0.0381. The van der Waals surface area contributed by atoms with Gasteiger partial charge in [0, 0.05) is 11.3 Å². The molecule has 164 valence electrons. The number of benzene rings is 3. The Hall–Kier alpha value is -3.90. The number of amides is 1. The molecule has 3 aromatic carbocycles. The number of fused-ring (bicyclic) bond motifs is 1. The molecule has 0 aliphatic carbocycles. The fraction of sp³-hybridized carbons (Fsp3) is 0.111. The first-order chi connectivity index (χ1) is 16.1. The fourth-order valence-corrected chi connectivity index (χ4v) is 5.43. The third-order valence-electron chi connectivity index (χ3n) is 5.97. The molecule has 33 heavy (non-hydrogen) atoms. The molecule has 4 aromatic rings. The van der Waals surface area contributed by atoms with Crippen molar-refractivity contribution in [1.29, 1.82) is 0 Å². The lowest BCUT2D eigenvalue weighted by Gasteiger charge is -2.28. The third-order valence-corrected chi connectivity index (χ3v) is 7.25. The molecule has 6 heteroatoms. The molecule has 2 heterocycles. The standard InChI is InChI=1S/C27H23N3O2S/c1-18-22(25(31)28-21-16-10-5-11-17-21)23(19-12-6-3-7-13-19)30-26(32)24(33-27(30)29(18)2)20-14-8-4-9-15-20/h3-17,23H,1-2H3,(H-,28,31,32)/p+1/t23-/m0/s1. The second-order valence-corrected chi connectivity index (χ2v) is 8.94. The number of allylic oxidation sites excluding steroid dienone is 1. The van der Waals surface area contributed by atoms with Crippen molar-refractivity contribution in [3.8, 4) is 16.3 Å². The van der Waals surface area contributed by atoms with E-state index in [1.54, 1.807) is 0 Å². The molecule has 1 aliphatic heterocycles. The number of carbonyl (C=O) groups is 1. The van der Waals surface area contributed by atoms with Crippen LogP contribution in [0.25, 0.3) is 10.4 Å². The maximum Gasteiger partial charge on any atom is 0.345 e. The Bertz CT molecular complexity index is 1330. The number of nitrogens with one attached hydrogen (secondary N) is 1. The van der Waals surface area contributed by atoms with Gasteiger partial charge in [0.05, 0.1) is 7.05 Å². The second-order valence-electron chi connectivity index (χ2n) is 7.96. The van der Waals surface area contributed by atoms with Crippen LogP contribution in [-0.2, 0) is 4.79 Å². The van der Waals surface area contributed by atoms with Crippen LogP contribution in [0, 0.1) is 0 Å². The number of aromatic hydroxyl groups is 1. The van der Waals surface area contributed by atoms with Gasteiger partial charge in [0.15, 0.2) is 6.04 Å². The van der Waals surface area contributed by atoms with Crippen LogP contribution < -0.4 is 14.8 Å². The Morgan fingerprint density at radius 2 is 1.52 bits per heavy atom. The highest BCUT2D eigenvalue weighted by atomic mass is 32.1. The van der Waals surface area contributed by atoms with Crippen molar-refractivity contribution >= 4 is 28.1 Å². The Morgan fingerprint density at radius 3 is 2.15 bits per heavy atom. The van der Waals surface area contributed by atoms with Crippen molar-refractivity contribution in [2.75, 3.05) is 17.3 Å². The zero-order valence-corrected chi connectivity index (χ0v) is 19.2. The van der Waals surface area contributed by atoms with Gasteiger partial charge in [-0.05, 0) is 36.0 Å². The quantitative estimate of drug-likeness (QED) is 0.408. The van der Waals surface area contributed by atoms with Crippen LogP contribution >= 0.6 is 11.3 Å². The van der Waals surface area contributed by atoms with Crippen molar-refractivity contribution in [2.45, 2.75) is 13.0 Å². The van der Waals surface area contributed by atoms with E-state index in [-0.39, 0.29) is 11.8 Å². The number of carbonyl (C=O) groups excluding carboxylic acids is 1. The molecule has 1 atom stereocenters. The molecule has 5 rings (SSSR count). The Kier molecular flexibility index (Phi) is 5.44. The SMILES string of the molecule is CC1=C(C(=O)Nc2ccccc2)[C@H](c2ccccc2)[n+]2c(sc(-c3ccccc3)c2O)N1C. The van der Waals surface area contributed by atoms with Gasteiger partial charge in [-0.25, -0.2) is 4.90 Å². The number of hydrogen-bond donors (Lipinski definition) is 2. The molecule has 1 aromatic heterocycles. The smallest absolute Gasteiger partial charge is 0.345 e. The van der Waals surface area contributed by atoms with Gasteiger partial charge in [-0.1, -0.05) is 78.9 Å². The molecule has 0 radical (unpaired) electrons. The van der Waals surface area contributed by atoms with Crippen molar-refractivity contribution in [3.05, 3.63) is 108 Å². The Balaban J connectivity index is 1.68. The minimum absolute atomic E-state index is 0.152. The largest absolute Gasteiger partial charge is 0.477 e. The second kappa shape index (κ2) is 8.56. The number of aromatic nitrogens is 1. The van der Waals surface area contributed by atoms with Crippen molar-refractivity contribution in [3.63, 3.8) is 0 Å². The zero-order chi connectivity index (χ0) is 22.9. The average molecular weight is 455 g/mol. The van der Waals surface area contributed by atoms with Crippen LogP contribution in [0.1, 0.15) is 18.5 Å². The fourth-order valence-electron chi connectivity index (χ4n) is 4.24. The number of anilines is 2. The van der Waals surface area contributed by atoms with Gasteiger partial charge in [0.1, 0.15) is 16.1 Å². The van der Waals surface area contributed by atoms with Crippen LogP contribution in [0.2, 0.25) is 0 Å². The minimum atomic E-state index is -0.463. The summed E-state index contributed by atoms with van der Waals surface area (Å²) in [6.45, 7) is 1.96. The number of thiazole rings is 1. The van der Waals surface area contributed by atoms with E-state index in [1.165, 1.54) is 11.3 Å². The number of hydrogen-bond acceptors (Lipinski definition) is 4. The summed E-state index contributed by atoms with van der Waals surface area (Å²) in [5.41, 5.74) is 4.04. The lowest BCUT2D eigenvalue weighted by Crippen LogP contribution is -2.50. The molecule has 0 bridgehead atoms. The molecule has 5 nitrogen and oxygen atoms in total. The van der Waals surface area contributed by atoms with Gasteiger partial charge in [0.2, 0.25) is 0 Å².